The van der Waals surface area contributed by atoms with E-state index >= 15 is 0 Å². The monoisotopic (exact) mass is 288 g/mol. The van der Waals surface area contributed by atoms with Crippen molar-refractivity contribution in [2.75, 3.05) is 5.88 Å². The summed E-state index contributed by atoms with van der Waals surface area (Å²) in [5.74, 6) is 0.737. The van der Waals surface area contributed by atoms with Crippen molar-refractivity contribution < 1.29 is 0 Å². The first-order valence-corrected chi connectivity index (χ1v) is 6.79. The fourth-order valence-electron chi connectivity index (χ4n) is 1.78. The van der Waals surface area contributed by atoms with Gasteiger partial charge in [-0.15, -0.1) is 11.6 Å². The van der Waals surface area contributed by atoms with Gasteiger partial charge in [0.1, 0.15) is 0 Å². The second-order valence-electron chi connectivity index (χ2n) is 4.11. The van der Waals surface area contributed by atoms with Crippen molar-refractivity contribution in [3.63, 3.8) is 0 Å². The van der Waals surface area contributed by atoms with Gasteiger partial charge in [0.05, 0.1) is 0 Å². The van der Waals surface area contributed by atoms with Crippen molar-refractivity contribution in [3.05, 3.63) is 34.3 Å². The molecule has 0 aliphatic rings. The molecule has 0 spiro atoms. The average Bonchev–Trinajstić information content (AvgIpc) is 2.29. The van der Waals surface area contributed by atoms with E-state index in [4.69, 9.17) is 11.6 Å². The van der Waals surface area contributed by atoms with Crippen LogP contribution in [0.25, 0.3) is 0 Å². The van der Waals surface area contributed by atoms with E-state index in [-0.39, 0.29) is 5.41 Å². The molecule has 0 fully saturated rings. The molecule has 0 atom stereocenters. The van der Waals surface area contributed by atoms with Gasteiger partial charge in [-0.2, -0.15) is 0 Å². The lowest BCUT2D eigenvalue weighted by Crippen LogP contribution is -2.24. The molecule has 2 heteroatoms. The van der Waals surface area contributed by atoms with Crippen molar-refractivity contribution in [1.29, 1.82) is 0 Å². The predicted molar refractivity (Wildman–Crippen MR) is 71.6 cm³/mol. The van der Waals surface area contributed by atoms with Gasteiger partial charge >= 0.3 is 0 Å². The summed E-state index contributed by atoms with van der Waals surface area (Å²) in [6.45, 7) is 4.45. The van der Waals surface area contributed by atoms with Crippen LogP contribution in [0, 0.1) is 5.41 Å². The van der Waals surface area contributed by atoms with Gasteiger partial charge in [0.25, 0.3) is 0 Å². The van der Waals surface area contributed by atoms with Crippen LogP contribution in [-0.2, 0) is 6.42 Å². The van der Waals surface area contributed by atoms with E-state index < -0.39 is 0 Å². The van der Waals surface area contributed by atoms with Crippen LogP contribution in [0.1, 0.15) is 32.3 Å². The largest absolute Gasteiger partial charge is 0.126 e. The maximum atomic E-state index is 6.11. The lowest BCUT2D eigenvalue weighted by Gasteiger charge is -2.29. The Labute approximate surface area is 106 Å². The van der Waals surface area contributed by atoms with Crippen molar-refractivity contribution in [2.24, 2.45) is 5.41 Å². The van der Waals surface area contributed by atoms with Gasteiger partial charge in [-0.05, 0) is 36.3 Å². The van der Waals surface area contributed by atoms with Gasteiger partial charge in [-0.1, -0.05) is 48.0 Å². The van der Waals surface area contributed by atoms with Crippen LogP contribution in [-0.4, -0.2) is 5.88 Å². The van der Waals surface area contributed by atoms with Crippen LogP contribution in [0.4, 0.5) is 0 Å². The second-order valence-corrected chi connectivity index (χ2v) is 5.23. The van der Waals surface area contributed by atoms with Crippen LogP contribution in [0.2, 0.25) is 0 Å². The summed E-state index contributed by atoms with van der Waals surface area (Å²) >= 11 is 9.70. The first kappa shape index (κ1) is 13.1. The van der Waals surface area contributed by atoms with Gasteiger partial charge in [-0.25, -0.2) is 0 Å². The zero-order valence-corrected chi connectivity index (χ0v) is 11.7. The second kappa shape index (κ2) is 5.91. The summed E-state index contributed by atoms with van der Waals surface area (Å²) in [6.07, 6.45) is 3.33. The standard InChI is InChI=1S/C13H18BrCl/c1-3-13(4-2,10-15)9-11-7-5-6-8-12(11)14/h5-8H,3-4,9-10H2,1-2H3. The zero-order valence-electron chi connectivity index (χ0n) is 9.39. The topological polar surface area (TPSA) is 0 Å². The number of rotatable bonds is 5. The van der Waals surface area contributed by atoms with Gasteiger partial charge < -0.3 is 0 Å². The van der Waals surface area contributed by atoms with E-state index in [0.717, 1.165) is 25.1 Å². The lowest BCUT2D eigenvalue weighted by molar-refractivity contribution is 0.301. The third kappa shape index (κ3) is 3.22. The van der Waals surface area contributed by atoms with Gasteiger partial charge in [0, 0.05) is 10.4 Å². The van der Waals surface area contributed by atoms with Crippen LogP contribution >= 0.6 is 27.5 Å². The highest BCUT2D eigenvalue weighted by molar-refractivity contribution is 9.10. The van der Waals surface area contributed by atoms with Crippen LogP contribution < -0.4 is 0 Å². The minimum atomic E-state index is 0.255. The highest BCUT2D eigenvalue weighted by atomic mass is 79.9. The maximum Gasteiger partial charge on any atom is 0.0282 e. The maximum absolute atomic E-state index is 6.11. The van der Waals surface area contributed by atoms with Crippen molar-refractivity contribution in [2.45, 2.75) is 33.1 Å². The summed E-state index contributed by atoms with van der Waals surface area (Å²) in [4.78, 5) is 0. The Kier molecular flexibility index (Phi) is 5.14. The van der Waals surface area contributed by atoms with Gasteiger partial charge in [0.2, 0.25) is 0 Å². The minimum Gasteiger partial charge on any atom is -0.126 e. The summed E-state index contributed by atoms with van der Waals surface area (Å²) in [5.41, 5.74) is 1.62. The molecule has 0 saturated heterocycles. The quantitative estimate of drug-likeness (QED) is 0.666. The molecule has 0 unspecified atom stereocenters. The highest BCUT2D eigenvalue weighted by Crippen LogP contribution is 2.34. The Morgan fingerprint density at radius 3 is 2.27 bits per heavy atom. The fraction of sp³-hybridized carbons (Fsp3) is 0.538. The number of halogens is 2. The molecule has 0 aliphatic heterocycles. The number of hydrogen-bond acceptors (Lipinski definition) is 0. The number of alkyl halides is 1. The molecular formula is C13H18BrCl. The van der Waals surface area contributed by atoms with E-state index in [9.17, 15) is 0 Å². The molecule has 0 aliphatic carbocycles. The Hall–Kier alpha value is -0.0100. The summed E-state index contributed by atoms with van der Waals surface area (Å²) in [5, 5.41) is 0. The molecule has 84 valence electrons. The first-order chi connectivity index (χ1) is 7.17. The third-order valence-corrected chi connectivity index (χ3v) is 4.65. The first-order valence-electron chi connectivity index (χ1n) is 5.47. The Morgan fingerprint density at radius 1 is 1.20 bits per heavy atom. The smallest absolute Gasteiger partial charge is 0.0282 e. The van der Waals surface area contributed by atoms with Crippen molar-refractivity contribution in [3.8, 4) is 0 Å². The summed E-state index contributed by atoms with van der Waals surface area (Å²) in [7, 11) is 0. The third-order valence-electron chi connectivity index (χ3n) is 3.31. The zero-order chi connectivity index (χ0) is 11.3. The molecule has 0 radical (unpaired) electrons. The molecule has 15 heavy (non-hydrogen) atoms. The SMILES string of the molecule is CCC(CC)(CCl)Cc1ccccc1Br. The van der Waals surface area contributed by atoms with E-state index in [1.54, 1.807) is 0 Å². The minimum absolute atomic E-state index is 0.255. The Morgan fingerprint density at radius 2 is 1.80 bits per heavy atom. The Balaban J connectivity index is 2.88. The molecule has 0 saturated carbocycles. The van der Waals surface area contributed by atoms with E-state index in [2.05, 4.69) is 48.0 Å². The number of benzene rings is 1. The Bertz CT molecular complexity index is 297. The summed E-state index contributed by atoms with van der Waals surface area (Å²) in [6, 6.07) is 8.41. The lowest BCUT2D eigenvalue weighted by atomic mass is 9.79. The molecule has 0 aromatic heterocycles. The average molecular weight is 290 g/mol. The molecule has 0 nitrogen and oxygen atoms in total. The van der Waals surface area contributed by atoms with E-state index in [1.165, 1.54) is 10.0 Å². The highest BCUT2D eigenvalue weighted by Gasteiger charge is 2.25. The van der Waals surface area contributed by atoms with E-state index in [1.807, 2.05) is 6.07 Å². The van der Waals surface area contributed by atoms with Crippen molar-refractivity contribution in [1.82, 2.24) is 0 Å². The fourth-order valence-corrected chi connectivity index (χ4v) is 2.68. The van der Waals surface area contributed by atoms with Crippen LogP contribution in [0.5, 0.6) is 0 Å². The molecule has 1 rings (SSSR count). The molecule has 1 aromatic rings. The molecule has 0 bridgehead atoms. The number of hydrogen-bond donors (Lipinski definition) is 0. The van der Waals surface area contributed by atoms with Gasteiger partial charge in [0.15, 0.2) is 0 Å². The van der Waals surface area contributed by atoms with Gasteiger partial charge in [-0.3, -0.25) is 0 Å². The van der Waals surface area contributed by atoms with Crippen molar-refractivity contribution >= 4 is 27.5 Å². The van der Waals surface area contributed by atoms with E-state index in [0.29, 0.717) is 0 Å². The molecular weight excluding hydrogens is 272 g/mol. The van der Waals surface area contributed by atoms with Crippen LogP contribution in [0.15, 0.2) is 28.7 Å². The molecule has 0 heterocycles. The normalized spacial score (nSPS) is 11.7. The van der Waals surface area contributed by atoms with Crippen LogP contribution in [0.3, 0.4) is 0 Å². The predicted octanol–water partition coefficient (Wildman–Crippen LogP) is 5.04. The molecule has 1 aromatic carbocycles. The molecule has 0 amide bonds. The summed E-state index contributed by atoms with van der Waals surface area (Å²) < 4.78 is 1.20. The molecule has 0 N–H and O–H groups in total.